The number of rotatable bonds is 5. The van der Waals surface area contributed by atoms with Crippen molar-refractivity contribution in [2.24, 2.45) is 0 Å². The molecule has 1 unspecified atom stereocenters. The zero-order valence-electron chi connectivity index (χ0n) is 9.49. The molecule has 0 spiro atoms. The van der Waals surface area contributed by atoms with Gasteiger partial charge in [-0.2, -0.15) is 0 Å². The Hall–Kier alpha value is -0.140. The van der Waals surface area contributed by atoms with Crippen molar-refractivity contribution in [3.8, 4) is 0 Å². The monoisotopic (exact) mass is 294 g/mol. The van der Waals surface area contributed by atoms with Crippen LogP contribution >= 0.6 is 22.9 Å². The number of halogens is 1. The van der Waals surface area contributed by atoms with E-state index in [4.69, 9.17) is 11.6 Å². The Kier molecular flexibility index (Phi) is 4.10. The summed E-state index contributed by atoms with van der Waals surface area (Å²) in [6.07, 6.45) is 3.29. The third kappa shape index (κ3) is 3.66. The van der Waals surface area contributed by atoms with Gasteiger partial charge in [-0.25, -0.2) is 13.1 Å². The molecule has 96 valence electrons. The average Bonchev–Trinajstić information content (AvgIpc) is 2.71. The molecule has 4 nitrogen and oxygen atoms in total. The van der Waals surface area contributed by atoms with Crippen molar-refractivity contribution in [2.75, 3.05) is 19.3 Å². The molecule has 0 saturated heterocycles. The highest BCUT2D eigenvalue weighted by Crippen LogP contribution is 2.39. The van der Waals surface area contributed by atoms with E-state index in [-0.39, 0.29) is 0 Å². The maximum Gasteiger partial charge on any atom is 0.208 e. The van der Waals surface area contributed by atoms with E-state index in [1.165, 1.54) is 16.7 Å². The first-order chi connectivity index (χ1) is 7.96. The highest BCUT2D eigenvalue weighted by Gasteiger charge is 2.24. The van der Waals surface area contributed by atoms with Gasteiger partial charge in [-0.1, -0.05) is 11.6 Å². The van der Waals surface area contributed by atoms with Gasteiger partial charge in [0.25, 0.3) is 0 Å². The molecule has 1 aromatic rings. The highest BCUT2D eigenvalue weighted by molar-refractivity contribution is 7.88. The number of sulfonamides is 1. The maximum atomic E-state index is 10.9. The van der Waals surface area contributed by atoms with Crippen LogP contribution in [0.2, 0.25) is 4.34 Å². The predicted molar refractivity (Wildman–Crippen MR) is 71.2 cm³/mol. The summed E-state index contributed by atoms with van der Waals surface area (Å²) in [5.41, 5.74) is 1.28. The van der Waals surface area contributed by atoms with Gasteiger partial charge in [0, 0.05) is 24.0 Å². The van der Waals surface area contributed by atoms with Crippen LogP contribution in [-0.2, 0) is 16.4 Å². The van der Waals surface area contributed by atoms with Crippen LogP contribution in [0.3, 0.4) is 0 Å². The lowest BCUT2D eigenvalue weighted by molar-refractivity contribution is 0.526. The molecule has 0 amide bonds. The third-order valence-corrected chi connectivity index (χ3v) is 4.80. The second-order valence-corrected chi connectivity index (χ2v) is 7.74. The summed E-state index contributed by atoms with van der Waals surface area (Å²) in [4.78, 5) is 1.35. The largest absolute Gasteiger partial charge is 0.309 e. The van der Waals surface area contributed by atoms with Crippen LogP contribution in [0.25, 0.3) is 0 Å². The minimum absolute atomic E-state index is 0.315. The number of aryl methyl sites for hydroxylation is 1. The van der Waals surface area contributed by atoms with Crippen LogP contribution < -0.4 is 10.0 Å². The van der Waals surface area contributed by atoms with Crippen molar-refractivity contribution in [1.29, 1.82) is 0 Å². The van der Waals surface area contributed by atoms with Crippen LogP contribution in [-0.4, -0.2) is 27.8 Å². The molecule has 2 rings (SSSR count). The van der Waals surface area contributed by atoms with Gasteiger partial charge >= 0.3 is 0 Å². The SMILES string of the molecule is CS(=O)(=O)NCCNC1CCc2sc(Cl)cc21. The first kappa shape index (κ1) is 13.3. The summed E-state index contributed by atoms with van der Waals surface area (Å²) in [5.74, 6) is 0. The maximum absolute atomic E-state index is 10.9. The quantitative estimate of drug-likeness (QED) is 0.810. The van der Waals surface area contributed by atoms with E-state index in [0.29, 0.717) is 19.1 Å². The zero-order chi connectivity index (χ0) is 12.5. The Bertz CT molecular complexity index is 498. The summed E-state index contributed by atoms with van der Waals surface area (Å²) in [7, 11) is -3.09. The molecule has 0 radical (unpaired) electrons. The molecule has 0 fully saturated rings. The highest BCUT2D eigenvalue weighted by atomic mass is 35.5. The van der Waals surface area contributed by atoms with Crippen molar-refractivity contribution in [1.82, 2.24) is 10.0 Å². The molecule has 7 heteroatoms. The van der Waals surface area contributed by atoms with Crippen LogP contribution in [0.5, 0.6) is 0 Å². The van der Waals surface area contributed by atoms with Gasteiger partial charge in [-0.15, -0.1) is 11.3 Å². The number of thiophene rings is 1. The molecule has 1 aliphatic carbocycles. The van der Waals surface area contributed by atoms with E-state index in [9.17, 15) is 8.42 Å². The van der Waals surface area contributed by atoms with Gasteiger partial charge in [0.05, 0.1) is 10.6 Å². The lowest BCUT2D eigenvalue weighted by atomic mass is 10.2. The van der Waals surface area contributed by atoms with Gasteiger partial charge in [-0.05, 0) is 24.5 Å². The number of fused-ring (bicyclic) bond motifs is 1. The lowest BCUT2D eigenvalue weighted by Crippen LogP contribution is -2.32. The molecule has 17 heavy (non-hydrogen) atoms. The van der Waals surface area contributed by atoms with Crippen molar-refractivity contribution in [3.05, 3.63) is 20.8 Å². The molecule has 1 aliphatic rings. The minimum atomic E-state index is -3.09. The molecule has 1 heterocycles. The Morgan fingerprint density at radius 2 is 2.29 bits per heavy atom. The lowest BCUT2D eigenvalue weighted by Gasteiger charge is -2.12. The van der Waals surface area contributed by atoms with E-state index in [1.807, 2.05) is 6.07 Å². The fourth-order valence-electron chi connectivity index (χ4n) is 2.02. The van der Waals surface area contributed by atoms with E-state index in [0.717, 1.165) is 17.2 Å². The van der Waals surface area contributed by atoms with E-state index in [2.05, 4.69) is 10.0 Å². The second-order valence-electron chi connectivity index (χ2n) is 4.14. The van der Waals surface area contributed by atoms with Gasteiger partial charge in [0.1, 0.15) is 0 Å². The number of nitrogens with one attached hydrogen (secondary N) is 2. The van der Waals surface area contributed by atoms with Gasteiger partial charge in [0.15, 0.2) is 0 Å². The summed E-state index contributed by atoms with van der Waals surface area (Å²) >= 11 is 7.60. The molecule has 1 atom stereocenters. The number of hydrogen-bond donors (Lipinski definition) is 2. The summed E-state index contributed by atoms with van der Waals surface area (Å²) in [6, 6.07) is 2.33. The Labute approximate surface area is 110 Å². The Morgan fingerprint density at radius 1 is 1.53 bits per heavy atom. The van der Waals surface area contributed by atoms with Crippen LogP contribution in [0.15, 0.2) is 6.07 Å². The standard InChI is InChI=1S/C10H15ClN2O2S2/c1-17(14,15)13-5-4-12-8-2-3-9-7(8)6-10(11)16-9/h6,8,12-13H,2-5H2,1H3. The molecule has 0 aromatic carbocycles. The molecule has 0 bridgehead atoms. The smallest absolute Gasteiger partial charge is 0.208 e. The van der Waals surface area contributed by atoms with E-state index < -0.39 is 10.0 Å². The molecule has 1 aromatic heterocycles. The van der Waals surface area contributed by atoms with Crippen molar-refractivity contribution in [2.45, 2.75) is 18.9 Å². The first-order valence-electron chi connectivity index (χ1n) is 5.42. The average molecular weight is 295 g/mol. The summed E-state index contributed by atoms with van der Waals surface area (Å²) < 4.78 is 25.0. The van der Waals surface area contributed by atoms with Gasteiger partial charge in [0.2, 0.25) is 10.0 Å². The summed E-state index contributed by atoms with van der Waals surface area (Å²) in [5, 5.41) is 3.34. The molecule has 0 aliphatic heterocycles. The minimum Gasteiger partial charge on any atom is -0.309 e. The van der Waals surface area contributed by atoms with Crippen molar-refractivity contribution >= 4 is 33.0 Å². The fraction of sp³-hybridized carbons (Fsp3) is 0.600. The molecule has 0 saturated carbocycles. The third-order valence-electron chi connectivity index (χ3n) is 2.73. The van der Waals surface area contributed by atoms with Gasteiger partial charge < -0.3 is 5.32 Å². The Balaban J connectivity index is 1.82. The van der Waals surface area contributed by atoms with Crippen molar-refractivity contribution < 1.29 is 8.42 Å². The molecular weight excluding hydrogens is 280 g/mol. The Morgan fingerprint density at radius 3 is 3.00 bits per heavy atom. The van der Waals surface area contributed by atoms with E-state index >= 15 is 0 Å². The number of hydrogen-bond acceptors (Lipinski definition) is 4. The van der Waals surface area contributed by atoms with E-state index in [1.54, 1.807) is 11.3 Å². The predicted octanol–water partition coefficient (Wildman–Crippen LogP) is 1.53. The second kappa shape index (κ2) is 5.24. The van der Waals surface area contributed by atoms with Crippen LogP contribution in [0.1, 0.15) is 22.9 Å². The summed E-state index contributed by atoms with van der Waals surface area (Å²) in [6.45, 7) is 1.05. The van der Waals surface area contributed by atoms with Crippen molar-refractivity contribution in [3.63, 3.8) is 0 Å². The first-order valence-corrected chi connectivity index (χ1v) is 8.50. The van der Waals surface area contributed by atoms with Crippen LogP contribution in [0.4, 0.5) is 0 Å². The molecular formula is C10H15ClN2O2S2. The topological polar surface area (TPSA) is 58.2 Å². The fourth-order valence-corrected chi connectivity index (χ4v) is 3.85. The zero-order valence-corrected chi connectivity index (χ0v) is 11.9. The molecule has 2 N–H and O–H groups in total. The normalized spacial score (nSPS) is 19.5. The van der Waals surface area contributed by atoms with Gasteiger partial charge in [-0.3, -0.25) is 0 Å². The van der Waals surface area contributed by atoms with Crippen LogP contribution in [0, 0.1) is 0 Å².